The molecule has 0 radical (unpaired) electrons. The molecule has 0 aliphatic rings. The van der Waals surface area contributed by atoms with Gasteiger partial charge in [-0.25, -0.2) is 0 Å². The summed E-state index contributed by atoms with van der Waals surface area (Å²) >= 11 is 0. The molecule has 2 nitrogen and oxygen atoms in total. The maximum Gasteiger partial charge on any atom is 0.0364 e. The van der Waals surface area contributed by atoms with Crippen LogP contribution in [0.15, 0.2) is 42.7 Å². The summed E-state index contributed by atoms with van der Waals surface area (Å²) in [5, 5.41) is 3.66. The van der Waals surface area contributed by atoms with E-state index < -0.39 is 0 Å². The molecule has 2 heteroatoms. The number of benzene rings is 1. The molecule has 1 aromatic heterocycles. The third kappa shape index (κ3) is 3.91. The molecule has 0 aliphatic carbocycles. The first-order valence-corrected chi connectivity index (χ1v) is 7.40. The molecule has 1 heterocycles. The van der Waals surface area contributed by atoms with Gasteiger partial charge in [0.15, 0.2) is 0 Å². The second-order valence-electron chi connectivity index (χ2n) is 5.43. The van der Waals surface area contributed by atoms with E-state index in [0.29, 0.717) is 6.04 Å². The van der Waals surface area contributed by atoms with E-state index in [4.69, 9.17) is 0 Å². The molecule has 1 unspecified atom stereocenters. The van der Waals surface area contributed by atoms with E-state index in [9.17, 15) is 0 Å². The number of nitrogens with one attached hydrogen (secondary N) is 1. The van der Waals surface area contributed by atoms with E-state index in [1.54, 1.807) is 0 Å². The first kappa shape index (κ1) is 14.7. The highest BCUT2D eigenvalue weighted by Crippen LogP contribution is 2.21. The maximum absolute atomic E-state index is 4.20. The molecule has 0 saturated heterocycles. The summed E-state index contributed by atoms with van der Waals surface area (Å²) in [6, 6.07) is 11.3. The lowest BCUT2D eigenvalue weighted by Crippen LogP contribution is -2.24. The molecule has 20 heavy (non-hydrogen) atoms. The molecular weight excluding hydrogens is 244 g/mol. The number of aryl methyl sites for hydroxylation is 2. The number of hydrogen-bond donors (Lipinski definition) is 1. The summed E-state index contributed by atoms with van der Waals surface area (Å²) in [4.78, 5) is 4.20. The number of rotatable bonds is 6. The molecule has 0 bridgehead atoms. The van der Waals surface area contributed by atoms with Crippen LogP contribution in [0.25, 0.3) is 0 Å². The van der Waals surface area contributed by atoms with Gasteiger partial charge in [-0.05, 0) is 56.0 Å². The van der Waals surface area contributed by atoms with Crippen molar-refractivity contribution in [1.29, 1.82) is 0 Å². The van der Waals surface area contributed by atoms with Crippen molar-refractivity contribution in [2.75, 3.05) is 6.54 Å². The third-order valence-corrected chi connectivity index (χ3v) is 3.64. The quantitative estimate of drug-likeness (QED) is 0.857. The number of nitrogens with zero attached hydrogens (tertiary/aromatic N) is 1. The molecule has 1 aromatic carbocycles. The number of pyridine rings is 1. The fourth-order valence-corrected chi connectivity index (χ4v) is 2.45. The van der Waals surface area contributed by atoms with E-state index >= 15 is 0 Å². The third-order valence-electron chi connectivity index (χ3n) is 3.64. The van der Waals surface area contributed by atoms with E-state index in [1.165, 1.54) is 22.3 Å². The van der Waals surface area contributed by atoms with Crippen LogP contribution in [0.1, 0.15) is 41.6 Å². The Morgan fingerprint density at radius 2 is 1.85 bits per heavy atom. The largest absolute Gasteiger partial charge is 0.310 e. The van der Waals surface area contributed by atoms with Gasteiger partial charge in [-0.15, -0.1) is 0 Å². The van der Waals surface area contributed by atoms with Gasteiger partial charge in [-0.1, -0.05) is 36.8 Å². The molecule has 2 aromatic rings. The Morgan fingerprint density at radius 3 is 2.50 bits per heavy atom. The smallest absolute Gasteiger partial charge is 0.0364 e. The standard InChI is InChI=1S/C18H24N2/c1-4-10-20-18(17-9-11-19-13-15(17)3)12-16-7-5-14(2)6-8-16/h5-9,11,13,18,20H,4,10,12H2,1-3H3. The van der Waals surface area contributed by atoms with Crippen molar-refractivity contribution in [2.24, 2.45) is 0 Å². The molecule has 1 atom stereocenters. The molecule has 106 valence electrons. The maximum atomic E-state index is 4.20. The highest BCUT2D eigenvalue weighted by molar-refractivity contribution is 5.29. The van der Waals surface area contributed by atoms with Crippen LogP contribution in [0.2, 0.25) is 0 Å². The monoisotopic (exact) mass is 268 g/mol. The van der Waals surface area contributed by atoms with Crippen LogP contribution in [0.4, 0.5) is 0 Å². The number of hydrogen-bond acceptors (Lipinski definition) is 2. The summed E-state index contributed by atoms with van der Waals surface area (Å²) in [5.41, 5.74) is 5.30. The van der Waals surface area contributed by atoms with Crippen LogP contribution in [0.5, 0.6) is 0 Å². The predicted molar refractivity (Wildman–Crippen MR) is 84.9 cm³/mol. The summed E-state index contributed by atoms with van der Waals surface area (Å²) in [7, 11) is 0. The topological polar surface area (TPSA) is 24.9 Å². The van der Waals surface area contributed by atoms with Gasteiger partial charge in [0.2, 0.25) is 0 Å². The molecule has 2 rings (SSSR count). The van der Waals surface area contributed by atoms with Gasteiger partial charge in [-0.3, -0.25) is 4.98 Å². The Bertz CT molecular complexity index is 531. The van der Waals surface area contributed by atoms with E-state index in [1.807, 2.05) is 12.4 Å². The highest BCUT2D eigenvalue weighted by Gasteiger charge is 2.13. The first-order chi connectivity index (χ1) is 9.70. The van der Waals surface area contributed by atoms with Gasteiger partial charge < -0.3 is 5.32 Å². The zero-order valence-electron chi connectivity index (χ0n) is 12.7. The summed E-state index contributed by atoms with van der Waals surface area (Å²) in [5.74, 6) is 0. The lowest BCUT2D eigenvalue weighted by atomic mass is 9.96. The zero-order valence-corrected chi connectivity index (χ0v) is 12.7. The van der Waals surface area contributed by atoms with Crippen LogP contribution < -0.4 is 5.32 Å². The molecule has 0 spiro atoms. The van der Waals surface area contributed by atoms with Gasteiger partial charge in [-0.2, -0.15) is 0 Å². The van der Waals surface area contributed by atoms with Crippen LogP contribution in [-0.4, -0.2) is 11.5 Å². The minimum absolute atomic E-state index is 0.362. The van der Waals surface area contributed by atoms with Crippen molar-refractivity contribution in [3.8, 4) is 0 Å². The van der Waals surface area contributed by atoms with Crippen molar-refractivity contribution in [2.45, 2.75) is 39.7 Å². The van der Waals surface area contributed by atoms with Crippen molar-refractivity contribution >= 4 is 0 Å². The van der Waals surface area contributed by atoms with Crippen LogP contribution in [0, 0.1) is 13.8 Å². The Labute approximate surface area is 122 Å². The van der Waals surface area contributed by atoms with Crippen LogP contribution >= 0.6 is 0 Å². The normalized spacial score (nSPS) is 12.3. The van der Waals surface area contributed by atoms with Crippen molar-refractivity contribution < 1.29 is 0 Å². The SMILES string of the molecule is CCCNC(Cc1ccc(C)cc1)c1ccncc1C. The van der Waals surface area contributed by atoms with E-state index in [-0.39, 0.29) is 0 Å². The summed E-state index contributed by atoms with van der Waals surface area (Å²) in [6.45, 7) is 7.51. The minimum atomic E-state index is 0.362. The van der Waals surface area contributed by atoms with E-state index in [2.05, 4.69) is 61.4 Å². The fraction of sp³-hybridized carbons (Fsp3) is 0.389. The van der Waals surface area contributed by atoms with Crippen LogP contribution in [0.3, 0.4) is 0 Å². The Hall–Kier alpha value is -1.67. The predicted octanol–water partition coefficient (Wildman–Crippen LogP) is 3.98. The lowest BCUT2D eigenvalue weighted by molar-refractivity contribution is 0.526. The molecule has 0 fully saturated rings. The first-order valence-electron chi connectivity index (χ1n) is 7.40. The average molecular weight is 268 g/mol. The second-order valence-corrected chi connectivity index (χ2v) is 5.43. The molecular formula is C18H24N2. The highest BCUT2D eigenvalue weighted by atomic mass is 14.9. The summed E-state index contributed by atoms with van der Waals surface area (Å²) < 4.78 is 0. The molecule has 0 amide bonds. The fourth-order valence-electron chi connectivity index (χ4n) is 2.45. The van der Waals surface area contributed by atoms with Gasteiger partial charge in [0, 0.05) is 18.4 Å². The summed E-state index contributed by atoms with van der Waals surface area (Å²) in [6.07, 6.45) is 6.00. The van der Waals surface area contributed by atoms with Crippen LogP contribution in [-0.2, 0) is 6.42 Å². The molecule has 0 aliphatic heterocycles. The van der Waals surface area contributed by atoms with Gasteiger partial charge in [0.25, 0.3) is 0 Å². The number of aromatic nitrogens is 1. The van der Waals surface area contributed by atoms with Crippen molar-refractivity contribution in [3.63, 3.8) is 0 Å². The molecule has 0 saturated carbocycles. The lowest BCUT2D eigenvalue weighted by Gasteiger charge is -2.21. The Kier molecular flexibility index (Phi) is 5.31. The minimum Gasteiger partial charge on any atom is -0.310 e. The van der Waals surface area contributed by atoms with Crippen molar-refractivity contribution in [3.05, 3.63) is 65.0 Å². The zero-order chi connectivity index (χ0) is 14.4. The average Bonchev–Trinajstić information content (AvgIpc) is 2.46. The van der Waals surface area contributed by atoms with E-state index in [0.717, 1.165) is 19.4 Å². The Balaban J connectivity index is 2.19. The van der Waals surface area contributed by atoms with Gasteiger partial charge >= 0.3 is 0 Å². The molecule has 1 N–H and O–H groups in total. The van der Waals surface area contributed by atoms with Gasteiger partial charge in [0.05, 0.1) is 0 Å². The Morgan fingerprint density at radius 1 is 1.10 bits per heavy atom. The van der Waals surface area contributed by atoms with Gasteiger partial charge in [0.1, 0.15) is 0 Å². The second kappa shape index (κ2) is 7.20. The van der Waals surface area contributed by atoms with Crippen molar-refractivity contribution in [1.82, 2.24) is 10.3 Å².